The summed E-state index contributed by atoms with van der Waals surface area (Å²) in [4.78, 5) is 14.8. The second kappa shape index (κ2) is 5.25. The first kappa shape index (κ1) is 13.1. The molecular formula is C15H20N4O. The van der Waals surface area contributed by atoms with E-state index in [-0.39, 0.29) is 18.0 Å². The maximum absolute atomic E-state index is 12.8. The van der Waals surface area contributed by atoms with Gasteiger partial charge in [0.15, 0.2) is 0 Å². The Morgan fingerprint density at radius 1 is 1.50 bits per heavy atom. The Hall–Kier alpha value is -1.88. The molecule has 0 unspecified atom stereocenters. The van der Waals surface area contributed by atoms with Gasteiger partial charge in [-0.25, -0.2) is 0 Å². The molecule has 5 heteroatoms. The average molecular weight is 272 g/mol. The zero-order valence-corrected chi connectivity index (χ0v) is 11.7. The zero-order chi connectivity index (χ0) is 14.1. The van der Waals surface area contributed by atoms with Crippen LogP contribution < -0.4 is 5.73 Å². The summed E-state index contributed by atoms with van der Waals surface area (Å²) in [6.45, 7) is 2.77. The van der Waals surface area contributed by atoms with Gasteiger partial charge in [0.1, 0.15) is 0 Å². The van der Waals surface area contributed by atoms with Crippen molar-refractivity contribution in [2.45, 2.75) is 38.3 Å². The van der Waals surface area contributed by atoms with Crippen molar-refractivity contribution in [1.82, 2.24) is 15.1 Å². The fourth-order valence-electron chi connectivity index (χ4n) is 3.06. The van der Waals surface area contributed by atoms with Gasteiger partial charge in [-0.15, -0.1) is 0 Å². The Balaban J connectivity index is 1.96. The molecule has 1 aliphatic heterocycles. The molecule has 0 radical (unpaired) electrons. The molecule has 0 bridgehead atoms. The van der Waals surface area contributed by atoms with Crippen LogP contribution in [0.15, 0.2) is 24.4 Å². The summed E-state index contributed by atoms with van der Waals surface area (Å²) in [5.74, 6) is 0.0573. The average Bonchev–Trinajstić information content (AvgIpc) is 2.94. The van der Waals surface area contributed by atoms with E-state index in [9.17, 15) is 4.79 Å². The number of carbonyl (C=O) groups is 1. The normalized spacial score (nSPS) is 21.1. The number of amides is 1. The molecule has 1 fully saturated rings. The van der Waals surface area contributed by atoms with E-state index in [1.54, 1.807) is 6.20 Å². The van der Waals surface area contributed by atoms with E-state index >= 15 is 0 Å². The highest BCUT2D eigenvalue weighted by Crippen LogP contribution is 2.24. The van der Waals surface area contributed by atoms with Crippen molar-refractivity contribution >= 4 is 16.8 Å². The number of fused-ring (bicyclic) bond motifs is 1. The number of rotatable bonds is 2. The first-order chi connectivity index (χ1) is 9.68. The van der Waals surface area contributed by atoms with Gasteiger partial charge in [0.25, 0.3) is 5.91 Å². The maximum atomic E-state index is 12.8. The van der Waals surface area contributed by atoms with E-state index in [4.69, 9.17) is 5.73 Å². The maximum Gasteiger partial charge on any atom is 0.256 e. The summed E-state index contributed by atoms with van der Waals surface area (Å²) >= 11 is 0. The van der Waals surface area contributed by atoms with Crippen LogP contribution in [0.1, 0.15) is 36.5 Å². The van der Waals surface area contributed by atoms with Crippen LogP contribution in [0.2, 0.25) is 0 Å². The third kappa shape index (κ3) is 2.18. The molecule has 3 N–H and O–H groups in total. The minimum absolute atomic E-state index is 0.000204. The number of aromatic amines is 1. The minimum atomic E-state index is 0.000204. The molecule has 2 atom stereocenters. The molecule has 0 saturated carbocycles. The summed E-state index contributed by atoms with van der Waals surface area (Å²) in [6, 6.07) is 5.84. The SMILES string of the molecule is C[C@H](N)[C@H]1CCCCN1C(=O)c1cccc2cn[nH]c12. The molecule has 3 rings (SSSR count). The molecule has 2 heterocycles. The number of piperidine rings is 1. The molecule has 2 aromatic rings. The van der Waals surface area contributed by atoms with Gasteiger partial charge in [0.2, 0.25) is 0 Å². The van der Waals surface area contributed by atoms with Gasteiger partial charge in [-0.05, 0) is 32.3 Å². The van der Waals surface area contributed by atoms with Crippen molar-refractivity contribution in [3.63, 3.8) is 0 Å². The van der Waals surface area contributed by atoms with Gasteiger partial charge in [-0.1, -0.05) is 12.1 Å². The van der Waals surface area contributed by atoms with E-state index in [0.717, 1.165) is 36.7 Å². The molecule has 1 aromatic carbocycles. The van der Waals surface area contributed by atoms with Crippen LogP contribution in [0, 0.1) is 0 Å². The summed E-state index contributed by atoms with van der Waals surface area (Å²) in [5, 5.41) is 7.91. The number of carbonyl (C=O) groups excluding carboxylic acids is 1. The van der Waals surface area contributed by atoms with Crippen molar-refractivity contribution in [2.24, 2.45) is 5.73 Å². The van der Waals surface area contributed by atoms with E-state index in [1.165, 1.54) is 0 Å². The highest BCUT2D eigenvalue weighted by atomic mass is 16.2. The summed E-state index contributed by atoms with van der Waals surface area (Å²) < 4.78 is 0. The molecule has 20 heavy (non-hydrogen) atoms. The van der Waals surface area contributed by atoms with Crippen molar-refractivity contribution in [3.05, 3.63) is 30.0 Å². The van der Waals surface area contributed by atoms with Crippen LogP contribution in [-0.4, -0.2) is 39.6 Å². The second-order valence-corrected chi connectivity index (χ2v) is 5.56. The topological polar surface area (TPSA) is 75.0 Å². The zero-order valence-electron chi connectivity index (χ0n) is 11.7. The number of nitrogens with two attached hydrogens (primary N) is 1. The van der Waals surface area contributed by atoms with Crippen LogP contribution in [0.25, 0.3) is 10.9 Å². The number of benzene rings is 1. The Bertz CT molecular complexity index is 619. The lowest BCUT2D eigenvalue weighted by atomic mass is 9.95. The minimum Gasteiger partial charge on any atom is -0.334 e. The highest BCUT2D eigenvalue weighted by molar-refractivity contribution is 6.05. The van der Waals surface area contributed by atoms with Gasteiger partial charge in [0, 0.05) is 24.0 Å². The van der Waals surface area contributed by atoms with E-state index in [1.807, 2.05) is 30.0 Å². The third-order valence-electron chi connectivity index (χ3n) is 4.12. The molecular weight excluding hydrogens is 252 g/mol. The van der Waals surface area contributed by atoms with Crippen LogP contribution in [-0.2, 0) is 0 Å². The first-order valence-electron chi connectivity index (χ1n) is 7.17. The number of nitrogens with zero attached hydrogens (tertiary/aromatic N) is 2. The molecule has 1 saturated heterocycles. The lowest BCUT2D eigenvalue weighted by Crippen LogP contribution is -2.51. The van der Waals surface area contributed by atoms with Crippen molar-refractivity contribution in [1.29, 1.82) is 0 Å². The molecule has 5 nitrogen and oxygen atoms in total. The number of nitrogens with one attached hydrogen (secondary N) is 1. The third-order valence-corrected chi connectivity index (χ3v) is 4.12. The summed E-state index contributed by atoms with van der Waals surface area (Å²) in [7, 11) is 0. The Labute approximate surface area is 118 Å². The van der Waals surface area contributed by atoms with E-state index in [2.05, 4.69) is 10.2 Å². The second-order valence-electron chi connectivity index (χ2n) is 5.56. The fraction of sp³-hybridized carbons (Fsp3) is 0.467. The van der Waals surface area contributed by atoms with Crippen molar-refractivity contribution in [2.75, 3.05) is 6.54 Å². The molecule has 1 aliphatic rings. The number of aromatic nitrogens is 2. The summed E-state index contributed by atoms with van der Waals surface area (Å²) in [6.07, 6.45) is 4.92. The van der Waals surface area contributed by atoms with Crippen molar-refractivity contribution in [3.8, 4) is 0 Å². The van der Waals surface area contributed by atoms with Crippen LogP contribution in [0.4, 0.5) is 0 Å². The smallest absolute Gasteiger partial charge is 0.256 e. The Morgan fingerprint density at radius 2 is 2.35 bits per heavy atom. The van der Waals surface area contributed by atoms with E-state index in [0.29, 0.717) is 5.56 Å². The first-order valence-corrected chi connectivity index (χ1v) is 7.17. The quantitative estimate of drug-likeness (QED) is 0.876. The lowest BCUT2D eigenvalue weighted by Gasteiger charge is -2.38. The number of para-hydroxylation sites is 1. The number of hydrogen-bond donors (Lipinski definition) is 2. The van der Waals surface area contributed by atoms with Crippen LogP contribution in [0.3, 0.4) is 0 Å². The van der Waals surface area contributed by atoms with Gasteiger partial charge in [-0.3, -0.25) is 9.89 Å². The van der Waals surface area contributed by atoms with Crippen LogP contribution >= 0.6 is 0 Å². The van der Waals surface area contributed by atoms with Gasteiger partial charge >= 0.3 is 0 Å². The van der Waals surface area contributed by atoms with E-state index < -0.39 is 0 Å². The number of likely N-dealkylation sites (tertiary alicyclic amines) is 1. The van der Waals surface area contributed by atoms with Crippen molar-refractivity contribution < 1.29 is 4.79 Å². The van der Waals surface area contributed by atoms with Gasteiger partial charge in [0.05, 0.1) is 17.3 Å². The predicted octanol–water partition coefficient (Wildman–Crippen LogP) is 1.90. The van der Waals surface area contributed by atoms with Gasteiger partial charge in [-0.2, -0.15) is 5.10 Å². The molecule has 0 aliphatic carbocycles. The predicted molar refractivity (Wildman–Crippen MR) is 78.4 cm³/mol. The molecule has 1 amide bonds. The lowest BCUT2D eigenvalue weighted by molar-refractivity contribution is 0.0585. The fourth-order valence-corrected chi connectivity index (χ4v) is 3.06. The van der Waals surface area contributed by atoms with Crippen LogP contribution in [0.5, 0.6) is 0 Å². The van der Waals surface area contributed by atoms with Gasteiger partial charge < -0.3 is 10.6 Å². The Morgan fingerprint density at radius 3 is 3.15 bits per heavy atom. The highest BCUT2D eigenvalue weighted by Gasteiger charge is 2.30. The standard InChI is InChI=1S/C15H20N4O/c1-10(16)13-7-2-3-8-19(13)15(20)12-6-4-5-11-9-17-18-14(11)12/h4-6,9-10,13H,2-3,7-8,16H2,1H3,(H,17,18)/t10-,13+/m0/s1. The number of H-pyrrole nitrogens is 1. The molecule has 1 aromatic heterocycles. The summed E-state index contributed by atoms with van der Waals surface area (Å²) in [5.41, 5.74) is 7.55. The largest absolute Gasteiger partial charge is 0.334 e. The molecule has 106 valence electrons. The Kier molecular flexibility index (Phi) is 3.44. The number of hydrogen-bond acceptors (Lipinski definition) is 3. The molecule has 0 spiro atoms. The monoisotopic (exact) mass is 272 g/mol.